The minimum absolute atomic E-state index is 0.101. The number of halogens is 2. The Labute approximate surface area is 120 Å². The minimum Gasteiger partial charge on any atom is -0.308 e. The Morgan fingerprint density at radius 3 is 2.84 bits per heavy atom. The van der Waals surface area contributed by atoms with Gasteiger partial charge in [-0.1, -0.05) is 41.4 Å². The molecule has 1 amide bonds. The molecule has 2 heterocycles. The fourth-order valence-electron chi connectivity index (χ4n) is 2.24. The summed E-state index contributed by atoms with van der Waals surface area (Å²) in [5, 5.41) is 0.500. The van der Waals surface area contributed by atoms with Crippen LogP contribution in [0.1, 0.15) is 15.9 Å². The first-order valence-electron chi connectivity index (χ1n) is 5.87. The van der Waals surface area contributed by atoms with Gasteiger partial charge in [0.25, 0.3) is 5.91 Å². The fraction of sp³-hybridized carbons (Fsp3) is 0.143. The molecular formula is C14H10Cl2N2O. The molecule has 0 radical (unpaired) electrons. The van der Waals surface area contributed by atoms with Crippen LogP contribution in [0.3, 0.4) is 0 Å². The van der Waals surface area contributed by atoms with Crippen LogP contribution < -0.4 is 4.90 Å². The Bertz CT molecular complexity index is 658. The first-order chi connectivity index (χ1) is 9.16. The number of rotatable bonds is 1. The monoisotopic (exact) mass is 292 g/mol. The van der Waals surface area contributed by atoms with Gasteiger partial charge in [-0.25, -0.2) is 4.98 Å². The van der Waals surface area contributed by atoms with Crippen LogP contribution in [0.2, 0.25) is 10.2 Å². The summed E-state index contributed by atoms with van der Waals surface area (Å²) in [5.41, 5.74) is 2.59. The van der Waals surface area contributed by atoms with Gasteiger partial charge in [0.05, 0.1) is 10.6 Å². The molecule has 0 saturated heterocycles. The number of amides is 1. The minimum atomic E-state index is -0.101. The standard InChI is InChI=1S/C14H10Cl2N2O/c15-11-7-10(8-17-13(11)16)14(19)18-6-5-9-3-1-2-4-12(9)18/h1-4,7-8H,5-6H2. The number of hydrogen-bond acceptors (Lipinski definition) is 2. The number of anilines is 1. The van der Waals surface area contributed by atoms with Crippen LogP contribution in [-0.4, -0.2) is 17.4 Å². The highest BCUT2D eigenvalue weighted by Gasteiger charge is 2.25. The predicted molar refractivity (Wildman–Crippen MR) is 76.1 cm³/mol. The molecule has 3 nitrogen and oxygen atoms in total. The van der Waals surface area contributed by atoms with Gasteiger partial charge in [-0.3, -0.25) is 4.79 Å². The zero-order valence-corrected chi connectivity index (χ0v) is 11.4. The maximum atomic E-state index is 12.5. The van der Waals surface area contributed by atoms with Gasteiger partial charge in [-0.05, 0) is 24.1 Å². The number of fused-ring (bicyclic) bond motifs is 1. The molecule has 0 aliphatic carbocycles. The second-order valence-electron chi connectivity index (χ2n) is 4.33. The molecule has 2 aromatic rings. The topological polar surface area (TPSA) is 33.2 Å². The first-order valence-corrected chi connectivity index (χ1v) is 6.63. The van der Waals surface area contributed by atoms with E-state index in [0.29, 0.717) is 17.1 Å². The van der Waals surface area contributed by atoms with E-state index in [-0.39, 0.29) is 11.1 Å². The van der Waals surface area contributed by atoms with Crippen molar-refractivity contribution in [2.24, 2.45) is 0 Å². The van der Waals surface area contributed by atoms with Crippen LogP contribution in [-0.2, 0) is 6.42 Å². The molecule has 1 aromatic carbocycles. The van der Waals surface area contributed by atoms with Crippen LogP contribution in [0.5, 0.6) is 0 Å². The number of nitrogens with zero attached hydrogens (tertiary/aromatic N) is 2. The van der Waals surface area contributed by atoms with Crippen LogP contribution >= 0.6 is 23.2 Å². The summed E-state index contributed by atoms with van der Waals surface area (Å²) in [5.74, 6) is -0.101. The van der Waals surface area contributed by atoms with E-state index in [1.807, 2.05) is 24.3 Å². The number of para-hydroxylation sites is 1. The van der Waals surface area contributed by atoms with Gasteiger partial charge >= 0.3 is 0 Å². The molecule has 0 bridgehead atoms. The lowest BCUT2D eigenvalue weighted by atomic mass is 10.2. The molecule has 1 aromatic heterocycles. The number of hydrogen-bond donors (Lipinski definition) is 0. The summed E-state index contributed by atoms with van der Waals surface area (Å²) in [6.45, 7) is 0.679. The molecule has 0 unspecified atom stereocenters. The van der Waals surface area contributed by atoms with Crippen molar-refractivity contribution in [3.05, 3.63) is 57.8 Å². The third kappa shape index (κ3) is 2.20. The second-order valence-corrected chi connectivity index (χ2v) is 5.10. The van der Waals surface area contributed by atoms with Gasteiger partial charge in [0.15, 0.2) is 0 Å². The van der Waals surface area contributed by atoms with Crippen molar-refractivity contribution < 1.29 is 4.79 Å². The lowest BCUT2D eigenvalue weighted by Gasteiger charge is -2.17. The number of benzene rings is 1. The van der Waals surface area contributed by atoms with E-state index in [0.717, 1.165) is 12.1 Å². The van der Waals surface area contributed by atoms with E-state index in [1.165, 1.54) is 11.8 Å². The Hall–Kier alpha value is -1.58. The molecule has 1 aliphatic heterocycles. The second kappa shape index (κ2) is 4.83. The molecule has 3 rings (SSSR count). The van der Waals surface area contributed by atoms with E-state index in [2.05, 4.69) is 4.98 Å². The zero-order valence-electron chi connectivity index (χ0n) is 9.94. The number of carbonyl (C=O) groups excluding carboxylic acids is 1. The first kappa shape index (κ1) is 12.5. The molecule has 0 fully saturated rings. The average molecular weight is 293 g/mol. The Balaban J connectivity index is 1.95. The molecule has 19 heavy (non-hydrogen) atoms. The van der Waals surface area contributed by atoms with Crippen LogP contribution in [0.4, 0.5) is 5.69 Å². The Morgan fingerprint density at radius 1 is 1.26 bits per heavy atom. The smallest absolute Gasteiger partial charge is 0.259 e. The van der Waals surface area contributed by atoms with Crippen molar-refractivity contribution in [3.8, 4) is 0 Å². The summed E-state index contributed by atoms with van der Waals surface area (Å²) in [6.07, 6.45) is 2.33. The summed E-state index contributed by atoms with van der Waals surface area (Å²) in [7, 11) is 0. The molecular weight excluding hydrogens is 283 g/mol. The maximum absolute atomic E-state index is 12.5. The van der Waals surface area contributed by atoms with Crippen molar-refractivity contribution >= 4 is 34.8 Å². The highest BCUT2D eigenvalue weighted by molar-refractivity contribution is 6.41. The number of carbonyl (C=O) groups is 1. The molecule has 1 aliphatic rings. The highest BCUT2D eigenvalue weighted by Crippen LogP contribution is 2.29. The highest BCUT2D eigenvalue weighted by atomic mass is 35.5. The molecule has 0 spiro atoms. The molecule has 5 heteroatoms. The van der Waals surface area contributed by atoms with Crippen molar-refractivity contribution in [3.63, 3.8) is 0 Å². The molecule has 96 valence electrons. The molecule has 0 N–H and O–H groups in total. The summed E-state index contributed by atoms with van der Waals surface area (Å²) in [6, 6.07) is 9.45. The van der Waals surface area contributed by atoms with Gasteiger partial charge in [-0.2, -0.15) is 0 Å². The van der Waals surface area contributed by atoms with Crippen LogP contribution in [0.15, 0.2) is 36.5 Å². The quantitative estimate of drug-likeness (QED) is 0.753. The third-order valence-corrected chi connectivity index (χ3v) is 3.86. The van der Waals surface area contributed by atoms with Crippen LogP contribution in [0, 0.1) is 0 Å². The fourth-order valence-corrected chi connectivity index (χ4v) is 2.51. The van der Waals surface area contributed by atoms with E-state index in [9.17, 15) is 4.79 Å². The molecule has 0 atom stereocenters. The molecule has 0 saturated carbocycles. The van der Waals surface area contributed by atoms with E-state index >= 15 is 0 Å². The number of aromatic nitrogens is 1. The van der Waals surface area contributed by atoms with Gasteiger partial charge in [-0.15, -0.1) is 0 Å². The predicted octanol–water partition coefficient (Wildman–Crippen LogP) is 3.59. The summed E-state index contributed by atoms with van der Waals surface area (Å²) < 4.78 is 0. The Morgan fingerprint density at radius 2 is 2.05 bits per heavy atom. The van der Waals surface area contributed by atoms with Crippen molar-refractivity contribution in [2.45, 2.75) is 6.42 Å². The van der Waals surface area contributed by atoms with Gasteiger partial charge in [0.2, 0.25) is 0 Å². The van der Waals surface area contributed by atoms with Gasteiger partial charge in [0, 0.05) is 18.4 Å². The average Bonchev–Trinajstić information content (AvgIpc) is 2.85. The van der Waals surface area contributed by atoms with Gasteiger partial charge < -0.3 is 4.90 Å². The summed E-state index contributed by atoms with van der Waals surface area (Å²) >= 11 is 11.7. The SMILES string of the molecule is O=C(c1cnc(Cl)c(Cl)c1)N1CCc2ccccc21. The van der Waals surface area contributed by atoms with Crippen molar-refractivity contribution in [2.75, 3.05) is 11.4 Å². The van der Waals surface area contributed by atoms with Crippen molar-refractivity contribution in [1.82, 2.24) is 4.98 Å². The maximum Gasteiger partial charge on any atom is 0.259 e. The van der Waals surface area contributed by atoms with Crippen molar-refractivity contribution in [1.29, 1.82) is 0 Å². The normalized spacial score (nSPS) is 13.5. The zero-order chi connectivity index (χ0) is 13.4. The van der Waals surface area contributed by atoms with Crippen LogP contribution in [0.25, 0.3) is 0 Å². The lowest BCUT2D eigenvalue weighted by Crippen LogP contribution is -2.28. The lowest BCUT2D eigenvalue weighted by molar-refractivity contribution is 0.0989. The number of pyridine rings is 1. The summed E-state index contributed by atoms with van der Waals surface area (Å²) in [4.78, 5) is 18.1. The third-order valence-electron chi connectivity index (χ3n) is 3.18. The largest absolute Gasteiger partial charge is 0.308 e. The van der Waals surface area contributed by atoms with E-state index in [4.69, 9.17) is 23.2 Å². The van der Waals surface area contributed by atoms with E-state index < -0.39 is 0 Å². The van der Waals surface area contributed by atoms with E-state index in [1.54, 1.807) is 11.0 Å². The Kier molecular flexibility index (Phi) is 3.17. The van der Waals surface area contributed by atoms with Gasteiger partial charge in [0.1, 0.15) is 5.15 Å².